The molecule has 0 saturated heterocycles. The number of hydrogen-bond donors (Lipinski definition) is 0. The summed E-state index contributed by atoms with van der Waals surface area (Å²) in [6.07, 6.45) is 0. The maximum Gasteiger partial charge on any atom is 0.229 e. The predicted octanol–water partition coefficient (Wildman–Crippen LogP) is 2.88. The molecule has 2 nitrogen and oxygen atoms in total. The van der Waals surface area contributed by atoms with Crippen molar-refractivity contribution in [3.63, 3.8) is 0 Å². The van der Waals surface area contributed by atoms with Crippen molar-refractivity contribution in [2.45, 2.75) is 0 Å². The van der Waals surface area contributed by atoms with Gasteiger partial charge in [0.15, 0.2) is 0 Å². The van der Waals surface area contributed by atoms with Crippen molar-refractivity contribution in [2.75, 3.05) is 7.11 Å². The molecule has 0 amide bonds. The van der Waals surface area contributed by atoms with E-state index < -0.39 is 0 Å². The number of hydrogen-bond acceptors (Lipinski definition) is 2. The smallest absolute Gasteiger partial charge is 0.229 e. The first kappa shape index (κ1) is 9.55. The van der Waals surface area contributed by atoms with Gasteiger partial charge in [-0.25, -0.2) is 0 Å². The van der Waals surface area contributed by atoms with Crippen LogP contribution in [0.25, 0.3) is 0 Å². The minimum Gasteiger partial charge on any atom is -0.497 e. The number of benzene rings is 1. The summed E-state index contributed by atoms with van der Waals surface area (Å²) in [4.78, 5) is 10.9. The monoisotopic (exact) mass is 248 g/mol. The van der Waals surface area contributed by atoms with Gasteiger partial charge >= 0.3 is 0 Å². The quantitative estimate of drug-likeness (QED) is 0.753. The van der Waals surface area contributed by atoms with Crippen LogP contribution in [-0.2, 0) is 0 Å². The molecule has 0 aliphatic heterocycles. The van der Waals surface area contributed by atoms with Crippen LogP contribution in [0.5, 0.6) is 5.75 Å². The molecule has 1 aromatic rings. The Hall–Kier alpha value is -0.540. The normalized spacial score (nSPS) is 9.58. The molecule has 0 radical (unpaired) electrons. The zero-order valence-corrected chi connectivity index (χ0v) is 8.65. The van der Waals surface area contributed by atoms with E-state index in [0.717, 1.165) is 0 Å². The highest BCUT2D eigenvalue weighted by Gasteiger charge is 2.06. The Morgan fingerprint density at radius 2 is 2.25 bits per heavy atom. The molecule has 4 heteroatoms. The number of methoxy groups -OCH3 is 1. The number of rotatable bonds is 2. The van der Waals surface area contributed by atoms with E-state index in [0.29, 0.717) is 16.3 Å². The van der Waals surface area contributed by atoms with Gasteiger partial charge in [-0.3, -0.25) is 4.79 Å². The van der Waals surface area contributed by atoms with Gasteiger partial charge in [0, 0.05) is 5.56 Å². The Labute approximate surface area is 83.6 Å². The topological polar surface area (TPSA) is 26.3 Å². The average molecular weight is 249 g/mol. The largest absolute Gasteiger partial charge is 0.497 e. The van der Waals surface area contributed by atoms with Gasteiger partial charge in [0.2, 0.25) is 4.69 Å². The lowest BCUT2D eigenvalue weighted by molar-refractivity contribution is 0.109. The first-order chi connectivity index (χ1) is 5.65. The third-order valence-electron chi connectivity index (χ3n) is 1.39. The van der Waals surface area contributed by atoms with Crippen LogP contribution in [-0.4, -0.2) is 11.8 Å². The third kappa shape index (κ3) is 1.99. The maximum atomic E-state index is 10.9. The van der Waals surface area contributed by atoms with Crippen molar-refractivity contribution < 1.29 is 9.53 Å². The fourth-order valence-electron chi connectivity index (χ4n) is 0.782. The molecule has 1 aromatic carbocycles. The van der Waals surface area contributed by atoms with Crippen molar-refractivity contribution in [3.05, 3.63) is 28.8 Å². The van der Waals surface area contributed by atoms with Crippen LogP contribution in [0.2, 0.25) is 5.02 Å². The van der Waals surface area contributed by atoms with Crippen LogP contribution in [0.1, 0.15) is 10.4 Å². The SMILES string of the molecule is COc1ccc(C(=O)Br)c(Cl)c1. The summed E-state index contributed by atoms with van der Waals surface area (Å²) in [7, 11) is 1.54. The molecule has 0 atom stereocenters. The molecule has 0 aromatic heterocycles. The van der Waals surface area contributed by atoms with Crippen LogP contribution < -0.4 is 4.74 Å². The van der Waals surface area contributed by atoms with Gasteiger partial charge in [0.1, 0.15) is 5.75 Å². The first-order valence-electron chi connectivity index (χ1n) is 3.18. The minimum atomic E-state index is -0.227. The van der Waals surface area contributed by atoms with Crippen LogP contribution in [0, 0.1) is 0 Å². The Balaban J connectivity index is 3.12. The molecule has 0 N–H and O–H groups in total. The van der Waals surface area contributed by atoms with E-state index in [1.165, 1.54) is 0 Å². The Bertz CT molecular complexity index is 312. The van der Waals surface area contributed by atoms with Gasteiger partial charge in [0.25, 0.3) is 0 Å². The zero-order chi connectivity index (χ0) is 9.14. The standard InChI is InChI=1S/C8H6BrClO2/c1-12-5-2-3-6(8(9)11)7(10)4-5/h2-4H,1H3. The van der Waals surface area contributed by atoms with E-state index in [9.17, 15) is 4.79 Å². The van der Waals surface area contributed by atoms with Gasteiger partial charge in [-0.1, -0.05) is 11.6 Å². The molecule has 0 bridgehead atoms. The molecule has 64 valence electrons. The third-order valence-corrected chi connectivity index (χ3v) is 2.13. The second kappa shape index (κ2) is 3.92. The summed E-state index contributed by atoms with van der Waals surface area (Å²) in [6.45, 7) is 0. The summed E-state index contributed by atoms with van der Waals surface area (Å²) in [5.41, 5.74) is 0.442. The van der Waals surface area contributed by atoms with Crippen molar-refractivity contribution >= 4 is 32.2 Å². The first-order valence-corrected chi connectivity index (χ1v) is 4.35. The Morgan fingerprint density at radius 1 is 1.58 bits per heavy atom. The highest BCUT2D eigenvalue weighted by atomic mass is 79.9. The number of carbonyl (C=O) groups is 1. The molecule has 0 saturated carbocycles. The molecule has 0 spiro atoms. The van der Waals surface area contributed by atoms with Gasteiger partial charge in [-0.2, -0.15) is 0 Å². The maximum absolute atomic E-state index is 10.9. The van der Waals surface area contributed by atoms with E-state index >= 15 is 0 Å². The molecule has 0 unspecified atom stereocenters. The molecule has 0 heterocycles. The predicted molar refractivity (Wildman–Crippen MR) is 51.3 cm³/mol. The molecule has 0 fully saturated rings. The fourth-order valence-corrected chi connectivity index (χ4v) is 1.50. The van der Waals surface area contributed by atoms with E-state index in [4.69, 9.17) is 16.3 Å². The Kier molecular flexibility index (Phi) is 3.12. The summed E-state index contributed by atoms with van der Waals surface area (Å²) in [6, 6.07) is 4.88. The van der Waals surface area contributed by atoms with Gasteiger partial charge in [-0.05, 0) is 34.1 Å². The lowest BCUT2D eigenvalue weighted by Gasteiger charge is -2.01. The second-order valence-electron chi connectivity index (χ2n) is 2.12. The number of ether oxygens (including phenoxy) is 1. The molecule has 0 aliphatic carbocycles. The van der Waals surface area contributed by atoms with Crippen molar-refractivity contribution in [1.82, 2.24) is 0 Å². The molecule has 1 rings (SSSR count). The second-order valence-corrected chi connectivity index (χ2v) is 3.25. The average Bonchev–Trinajstić information content (AvgIpc) is 2.03. The molecule has 12 heavy (non-hydrogen) atoms. The fraction of sp³-hybridized carbons (Fsp3) is 0.125. The molecular weight excluding hydrogens is 243 g/mol. The minimum absolute atomic E-state index is 0.227. The van der Waals surface area contributed by atoms with Crippen LogP contribution in [0.15, 0.2) is 18.2 Å². The molecule has 0 aliphatic rings. The summed E-state index contributed by atoms with van der Waals surface area (Å²) in [5.74, 6) is 0.637. The Morgan fingerprint density at radius 3 is 2.67 bits per heavy atom. The van der Waals surface area contributed by atoms with Crippen molar-refractivity contribution in [2.24, 2.45) is 0 Å². The summed E-state index contributed by atoms with van der Waals surface area (Å²) < 4.78 is 4.69. The zero-order valence-electron chi connectivity index (χ0n) is 6.30. The molecular formula is C8H6BrClO2. The van der Waals surface area contributed by atoms with Crippen molar-refractivity contribution in [1.29, 1.82) is 0 Å². The van der Waals surface area contributed by atoms with Gasteiger partial charge < -0.3 is 4.74 Å². The summed E-state index contributed by atoms with van der Waals surface area (Å²) >= 11 is 8.59. The van der Waals surface area contributed by atoms with E-state index in [1.54, 1.807) is 25.3 Å². The van der Waals surface area contributed by atoms with E-state index in [2.05, 4.69) is 15.9 Å². The van der Waals surface area contributed by atoms with Crippen LogP contribution in [0.3, 0.4) is 0 Å². The van der Waals surface area contributed by atoms with E-state index in [-0.39, 0.29) is 4.69 Å². The van der Waals surface area contributed by atoms with Gasteiger partial charge in [0.05, 0.1) is 12.1 Å². The van der Waals surface area contributed by atoms with Gasteiger partial charge in [-0.15, -0.1) is 0 Å². The lowest BCUT2D eigenvalue weighted by atomic mass is 10.2. The number of halogens is 2. The van der Waals surface area contributed by atoms with Crippen LogP contribution in [0.4, 0.5) is 0 Å². The highest BCUT2D eigenvalue weighted by Crippen LogP contribution is 2.23. The number of carbonyl (C=O) groups excluding carboxylic acids is 1. The lowest BCUT2D eigenvalue weighted by Crippen LogP contribution is -1.90. The summed E-state index contributed by atoms with van der Waals surface area (Å²) in [5, 5.41) is 0.385. The van der Waals surface area contributed by atoms with Crippen molar-refractivity contribution in [3.8, 4) is 5.75 Å². The highest BCUT2D eigenvalue weighted by molar-refractivity contribution is 9.18. The van der Waals surface area contributed by atoms with Crippen LogP contribution >= 0.6 is 27.5 Å². The van der Waals surface area contributed by atoms with E-state index in [1.807, 2.05) is 0 Å².